The zero-order valence-corrected chi connectivity index (χ0v) is 9.10. The highest BCUT2D eigenvalue weighted by Crippen LogP contribution is 2.17. The molecule has 0 bridgehead atoms. The smallest absolute Gasteiger partial charge is 0.379 e. The van der Waals surface area contributed by atoms with Crippen LogP contribution < -0.4 is 10.4 Å². The third-order valence-corrected chi connectivity index (χ3v) is 2.23. The van der Waals surface area contributed by atoms with Crippen LogP contribution in [0.15, 0.2) is 39.5 Å². The van der Waals surface area contributed by atoms with Crippen LogP contribution in [0.2, 0.25) is 0 Å². The van der Waals surface area contributed by atoms with E-state index in [2.05, 4.69) is 0 Å². The second-order valence-electron chi connectivity index (χ2n) is 3.36. The molecule has 0 amide bonds. The fourth-order valence-electron chi connectivity index (χ4n) is 1.35. The summed E-state index contributed by atoms with van der Waals surface area (Å²) < 4.78 is 15.3. The van der Waals surface area contributed by atoms with Gasteiger partial charge in [0, 0.05) is 12.5 Å². The molecule has 0 radical (unpaired) electrons. The van der Waals surface area contributed by atoms with Crippen LogP contribution in [0, 0.1) is 0 Å². The maximum absolute atomic E-state index is 11.5. The molecule has 0 saturated carbocycles. The number of ether oxygens (including phenoxy) is 2. The molecule has 0 aliphatic heterocycles. The molecule has 0 spiro atoms. The number of para-hydroxylation sites is 1. The fourth-order valence-corrected chi connectivity index (χ4v) is 1.35. The van der Waals surface area contributed by atoms with E-state index < -0.39 is 11.9 Å². The third-order valence-electron chi connectivity index (χ3n) is 2.23. The highest BCUT2D eigenvalue weighted by Gasteiger charge is 2.09. The first-order valence-electron chi connectivity index (χ1n) is 4.93. The van der Waals surface area contributed by atoms with Gasteiger partial charge in [-0.3, -0.25) is 0 Å². The highest BCUT2D eigenvalue weighted by molar-refractivity contribution is 5.77. The van der Waals surface area contributed by atoms with Gasteiger partial charge in [-0.2, -0.15) is 0 Å². The monoisotopic (exact) mass is 220 g/mol. The summed E-state index contributed by atoms with van der Waals surface area (Å²) >= 11 is 0. The van der Waals surface area contributed by atoms with Crippen molar-refractivity contribution < 1.29 is 13.9 Å². The van der Waals surface area contributed by atoms with E-state index in [0.29, 0.717) is 5.58 Å². The lowest BCUT2D eigenvalue weighted by Gasteiger charge is -2.11. The summed E-state index contributed by atoms with van der Waals surface area (Å²) in [6.45, 7) is 1.70. The normalized spacial score (nSPS) is 12.6. The van der Waals surface area contributed by atoms with Crippen LogP contribution in [0.1, 0.15) is 6.92 Å². The molecule has 0 fully saturated rings. The number of methoxy groups -OCH3 is 1. The van der Waals surface area contributed by atoms with Crippen molar-refractivity contribution >= 4 is 11.0 Å². The Hall–Kier alpha value is -1.81. The molecule has 4 heteroatoms. The molecule has 1 atom stereocenters. The van der Waals surface area contributed by atoms with E-state index in [1.165, 1.54) is 7.11 Å². The summed E-state index contributed by atoms with van der Waals surface area (Å²) in [5, 5.41) is 0.820. The first kappa shape index (κ1) is 10.7. The Bertz CT molecular complexity index is 544. The average molecular weight is 220 g/mol. The molecular weight excluding hydrogens is 208 g/mol. The molecule has 1 unspecified atom stereocenters. The molecule has 2 rings (SSSR count). The molecule has 1 heterocycles. The van der Waals surface area contributed by atoms with Crippen LogP contribution in [0.5, 0.6) is 5.75 Å². The summed E-state index contributed by atoms with van der Waals surface area (Å²) in [5.74, 6) is 0.160. The van der Waals surface area contributed by atoms with Crippen molar-refractivity contribution in [3.63, 3.8) is 0 Å². The lowest BCUT2D eigenvalue weighted by molar-refractivity contribution is -0.0400. The Morgan fingerprint density at radius 1 is 1.31 bits per heavy atom. The van der Waals surface area contributed by atoms with Gasteiger partial charge in [0.1, 0.15) is 5.58 Å². The van der Waals surface area contributed by atoms with E-state index in [1.807, 2.05) is 18.2 Å². The van der Waals surface area contributed by atoms with Crippen LogP contribution in [0.25, 0.3) is 11.0 Å². The Morgan fingerprint density at radius 3 is 2.81 bits per heavy atom. The predicted molar refractivity (Wildman–Crippen MR) is 59.6 cm³/mol. The molecule has 0 aliphatic carbocycles. The lowest BCUT2D eigenvalue weighted by Crippen LogP contribution is -2.18. The topological polar surface area (TPSA) is 48.7 Å². The van der Waals surface area contributed by atoms with Crippen molar-refractivity contribution in [1.29, 1.82) is 0 Å². The maximum atomic E-state index is 11.5. The second-order valence-corrected chi connectivity index (χ2v) is 3.36. The van der Waals surface area contributed by atoms with Gasteiger partial charge in [-0.25, -0.2) is 4.79 Å². The molecule has 2 aromatic rings. The predicted octanol–water partition coefficient (Wildman–Crippen LogP) is 2.16. The van der Waals surface area contributed by atoms with Gasteiger partial charge in [0.2, 0.25) is 5.75 Å². The van der Waals surface area contributed by atoms with Crippen molar-refractivity contribution in [2.24, 2.45) is 0 Å². The minimum atomic E-state index is -0.498. The molecule has 16 heavy (non-hydrogen) atoms. The van der Waals surface area contributed by atoms with Crippen molar-refractivity contribution in [3.8, 4) is 5.75 Å². The van der Waals surface area contributed by atoms with Crippen molar-refractivity contribution in [3.05, 3.63) is 40.8 Å². The van der Waals surface area contributed by atoms with E-state index in [0.717, 1.165) is 5.39 Å². The van der Waals surface area contributed by atoms with Crippen LogP contribution in [0.4, 0.5) is 0 Å². The largest absolute Gasteiger partial charge is 0.458 e. The molecule has 4 nitrogen and oxygen atoms in total. The minimum Gasteiger partial charge on any atom is -0.458 e. The zero-order valence-electron chi connectivity index (χ0n) is 9.10. The van der Waals surface area contributed by atoms with Crippen LogP contribution in [0.3, 0.4) is 0 Å². The van der Waals surface area contributed by atoms with Crippen molar-refractivity contribution in [2.45, 2.75) is 13.2 Å². The molecule has 1 aromatic heterocycles. The van der Waals surface area contributed by atoms with E-state index in [9.17, 15) is 4.79 Å². The standard InChI is InChI=1S/C12H12O4/c1-8(14-2)15-11-7-9-5-3-4-6-10(9)16-12(11)13/h3-8H,1-2H3. The van der Waals surface area contributed by atoms with Gasteiger partial charge in [-0.1, -0.05) is 18.2 Å². The van der Waals surface area contributed by atoms with Crippen LogP contribution in [-0.2, 0) is 4.74 Å². The average Bonchev–Trinajstić information content (AvgIpc) is 2.30. The van der Waals surface area contributed by atoms with E-state index in [4.69, 9.17) is 13.9 Å². The Kier molecular flexibility index (Phi) is 2.92. The second kappa shape index (κ2) is 4.37. The first-order chi connectivity index (χ1) is 7.70. The van der Waals surface area contributed by atoms with Gasteiger partial charge in [-0.15, -0.1) is 0 Å². The van der Waals surface area contributed by atoms with Gasteiger partial charge in [-0.05, 0) is 19.1 Å². The van der Waals surface area contributed by atoms with Gasteiger partial charge < -0.3 is 13.9 Å². The van der Waals surface area contributed by atoms with E-state index in [1.54, 1.807) is 19.1 Å². The number of benzene rings is 1. The lowest BCUT2D eigenvalue weighted by atomic mass is 10.2. The Balaban J connectivity index is 2.46. The summed E-state index contributed by atoms with van der Waals surface area (Å²) in [4.78, 5) is 11.5. The van der Waals surface area contributed by atoms with Gasteiger partial charge in [0.25, 0.3) is 0 Å². The Labute approximate surface area is 92.4 Å². The summed E-state index contributed by atoms with van der Waals surface area (Å²) in [6.07, 6.45) is -0.482. The summed E-state index contributed by atoms with van der Waals surface area (Å²) in [7, 11) is 1.51. The Morgan fingerprint density at radius 2 is 2.06 bits per heavy atom. The fraction of sp³-hybridized carbons (Fsp3) is 0.250. The minimum absolute atomic E-state index is 0.160. The SMILES string of the molecule is COC(C)Oc1cc2ccccc2oc1=O. The van der Waals surface area contributed by atoms with Gasteiger partial charge in [0.05, 0.1) is 0 Å². The number of hydrogen-bond donors (Lipinski definition) is 0. The number of rotatable bonds is 3. The number of fused-ring (bicyclic) bond motifs is 1. The molecule has 0 saturated heterocycles. The van der Waals surface area contributed by atoms with Crippen LogP contribution in [-0.4, -0.2) is 13.4 Å². The molecule has 84 valence electrons. The highest BCUT2D eigenvalue weighted by atomic mass is 16.7. The van der Waals surface area contributed by atoms with Gasteiger partial charge >= 0.3 is 5.63 Å². The van der Waals surface area contributed by atoms with Crippen molar-refractivity contribution in [1.82, 2.24) is 0 Å². The van der Waals surface area contributed by atoms with Crippen LogP contribution >= 0.6 is 0 Å². The molecular formula is C12H12O4. The zero-order chi connectivity index (χ0) is 11.5. The third kappa shape index (κ3) is 2.06. The van der Waals surface area contributed by atoms with Crippen molar-refractivity contribution in [2.75, 3.05) is 7.11 Å². The quantitative estimate of drug-likeness (QED) is 0.587. The van der Waals surface area contributed by atoms with E-state index in [-0.39, 0.29) is 5.75 Å². The molecule has 0 N–H and O–H groups in total. The number of hydrogen-bond acceptors (Lipinski definition) is 4. The summed E-state index contributed by atoms with van der Waals surface area (Å²) in [5.41, 5.74) is 0.0486. The molecule has 0 aliphatic rings. The first-order valence-corrected chi connectivity index (χ1v) is 4.93. The molecule has 1 aromatic carbocycles. The van der Waals surface area contributed by atoms with Gasteiger partial charge in [0.15, 0.2) is 6.29 Å². The van der Waals surface area contributed by atoms with E-state index >= 15 is 0 Å². The maximum Gasteiger partial charge on any atom is 0.379 e. The summed E-state index contributed by atoms with van der Waals surface area (Å²) in [6, 6.07) is 8.91.